The first-order chi connectivity index (χ1) is 12.7. The highest BCUT2D eigenvalue weighted by Gasteiger charge is 2.26. The Kier molecular flexibility index (Phi) is 9.40. The fourth-order valence-corrected chi connectivity index (χ4v) is 3.13. The van der Waals surface area contributed by atoms with Crippen LogP contribution in [0.1, 0.15) is 26.3 Å². The van der Waals surface area contributed by atoms with Crippen molar-refractivity contribution in [1.29, 1.82) is 0 Å². The van der Waals surface area contributed by atoms with Crippen LogP contribution in [0.3, 0.4) is 0 Å². The number of rotatable bonds is 11. The summed E-state index contributed by atoms with van der Waals surface area (Å²) < 4.78 is 39.4. The molecule has 1 rings (SSSR count). The van der Waals surface area contributed by atoms with Crippen molar-refractivity contribution in [3.8, 4) is 0 Å². The van der Waals surface area contributed by atoms with E-state index in [1.807, 2.05) is 6.92 Å². The molecule has 0 saturated carbocycles. The normalized spacial score (nSPS) is 12.6. The Morgan fingerprint density at radius 3 is 2.22 bits per heavy atom. The summed E-state index contributed by atoms with van der Waals surface area (Å²) in [4.78, 5) is 25.2. The largest absolute Gasteiger partial charge is 0.465 e. The number of esters is 2. The molecule has 0 aliphatic carbocycles. The Morgan fingerprint density at radius 2 is 1.67 bits per heavy atom. The maximum atomic E-state index is 12.2. The Balaban J connectivity index is 2.75. The average Bonchev–Trinajstić information content (AvgIpc) is 2.61. The molecule has 0 N–H and O–H groups in total. The molecule has 0 radical (unpaired) electrons. The third-order valence-electron chi connectivity index (χ3n) is 3.74. The fourth-order valence-electron chi connectivity index (χ4n) is 2.23. The van der Waals surface area contributed by atoms with E-state index in [1.165, 1.54) is 17.0 Å². The predicted molar refractivity (Wildman–Crippen MR) is 98.6 cm³/mol. The van der Waals surface area contributed by atoms with Crippen LogP contribution >= 0.6 is 0 Å². The quantitative estimate of drug-likeness (QED) is 0.406. The van der Waals surface area contributed by atoms with Gasteiger partial charge in [-0.1, -0.05) is 17.7 Å². The van der Waals surface area contributed by atoms with Crippen LogP contribution in [0.25, 0.3) is 0 Å². The van der Waals surface area contributed by atoms with E-state index in [0.29, 0.717) is 0 Å². The molecule has 0 aliphatic rings. The van der Waals surface area contributed by atoms with Crippen LogP contribution in [0.5, 0.6) is 0 Å². The summed E-state index contributed by atoms with van der Waals surface area (Å²) >= 11 is 0. The summed E-state index contributed by atoms with van der Waals surface area (Å²) in [5, 5.41) is 0. The fraction of sp³-hybridized carbons (Fsp3) is 0.556. The van der Waals surface area contributed by atoms with Crippen molar-refractivity contribution in [2.75, 3.05) is 32.9 Å². The number of aryl methyl sites for hydroxylation is 1. The van der Waals surface area contributed by atoms with Gasteiger partial charge in [-0.2, -0.15) is 8.42 Å². The van der Waals surface area contributed by atoms with E-state index in [4.69, 9.17) is 13.7 Å². The number of benzene rings is 1. The first kappa shape index (κ1) is 23.1. The maximum absolute atomic E-state index is 12.2. The lowest BCUT2D eigenvalue weighted by Gasteiger charge is -2.26. The van der Waals surface area contributed by atoms with E-state index in [9.17, 15) is 18.0 Å². The summed E-state index contributed by atoms with van der Waals surface area (Å²) in [5.74, 6) is -1.03. The highest BCUT2D eigenvalue weighted by molar-refractivity contribution is 7.86. The lowest BCUT2D eigenvalue weighted by molar-refractivity contribution is -0.152. The minimum Gasteiger partial charge on any atom is -0.465 e. The molecule has 27 heavy (non-hydrogen) atoms. The van der Waals surface area contributed by atoms with Crippen molar-refractivity contribution in [3.63, 3.8) is 0 Å². The second-order valence-electron chi connectivity index (χ2n) is 5.79. The van der Waals surface area contributed by atoms with Crippen molar-refractivity contribution < 1.29 is 31.7 Å². The van der Waals surface area contributed by atoms with Crippen molar-refractivity contribution in [2.45, 2.75) is 38.6 Å². The smallest absolute Gasteiger partial charge is 0.323 e. The number of hydrogen-bond donors (Lipinski definition) is 0. The van der Waals surface area contributed by atoms with Gasteiger partial charge in [0.15, 0.2) is 0 Å². The number of ether oxygens (including phenoxy) is 2. The van der Waals surface area contributed by atoms with Crippen molar-refractivity contribution in [1.82, 2.24) is 4.90 Å². The third-order valence-corrected chi connectivity index (χ3v) is 5.07. The van der Waals surface area contributed by atoms with Crippen LogP contribution in [-0.4, -0.2) is 64.2 Å². The van der Waals surface area contributed by atoms with E-state index in [1.54, 1.807) is 32.9 Å². The molecular formula is C18H27NO7S. The zero-order valence-electron chi connectivity index (χ0n) is 16.1. The van der Waals surface area contributed by atoms with Gasteiger partial charge in [0.05, 0.1) is 31.3 Å². The molecule has 1 atom stereocenters. The molecule has 0 saturated heterocycles. The van der Waals surface area contributed by atoms with Gasteiger partial charge in [0, 0.05) is 6.54 Å². The van der Waals surface area contributed by atoms with Gasteiger partial charge in [-0.15, -0.1) is 0 Å². The summed E-state index contributed by atoms with van der Waals surface area (Å²) in [6.45, 7) is 6.82. The van der Waals surface area contributed by atoms with E-state index in [-0.39, 0.29) is 37.8 Å². The molecule has 0 spiro atoms. The lowest BCUT2D eigenvalue weighted by Crippen LogP contribution is -2.45. The number of carbonyl (C=O) groups excluding carboxylic acids is 2. The molecular weight excluding hydrogens is 374 g/mol. The average molecular weight is 401 g/mol. The molecule has 0 amide bonds. The zero-order chi connectivity index (χ0) is 20.4. The van der Waals surface area contributed by atoms with Gasteiger partial charge in [0.25, 0.3) is 10.1 Å². The molecule has 9 heteroatoms. The molecule has 0 fully saturated rings. The van der Waals surface area contributed by atoms with E-state index >= 15 is 0 Å². The lowest BCUT2D eigenvalue weighted by atomic mass is 10.2. The van der Waals surface area contributed by atoms with Crippen LogP contribution in [0.15, 0.2) is 29.2 Å². The monoisotopic (exact) mass is 401 g/mol. The third kappa shape index (κ3) is 7.66. The summed E-state index contributed by atoms with van der Waals surface area (Å²) in [6.07, 6.45) is 0. The van der Waals surface area contributed by atoms with Gasteiger partial charge in [-0.05, 0) is 39.8 Å². The topological polar surface area (TPSA) is 99.2 Å². The van der Waals surface area contributed by atoms with Crippen LogP contribution in [0.4, 0.5) is 0 Å². The summed E-state index contributed by atoms with van der Waals surface area (Å²) in [5.41, 5.74) is 0.929. The standard InChI is InChI=1S/C18H27NO7S/c1-5-24-17(20)13-19(15(4)18(21)25-6-2)11-12-26-27(22,23)16-9-7-14(3)8-10-16/h7-10,15H,5-6,11-13H2,1-4H3/t15-/m0/s1. The minimum atomic E-state index is -3.93. The van der Waals surface area contributed by atoms with Gasteiger partial charge in [-0.3, -0.25) is 18.7 Å². The van der Waals surface area contributed by atoms with Gasteiger partial charge >= 0.3 is 11.9 Å². The highest BCUT2D eigenvalue weighted by atomic mass is 32.2. The zero-order valence-corrected chi connectivity index (χ0v) is 17.0. The maximum Gasteiger partial charge on any atom is 0.323 e. The first-order valence-corrected chi connectivity index (χ1v) is 10.1. The van der Waals surface area contributed by atoms with Crippen LogP contribution < -0.4 is 0 Å². The molecule has 0 aromatic heterocycles. The second kappa shape index (κ2) is 11.0. The SMILES string of the molecule is CCOC(=O)CN(CCOS(=O)(=O)c1ccc(C)cc1)[C@@H](C)C(=O)OCC. The van der Waals surface area contributed by atoms with Crippen molar-refractivity contribution in [3.05, 3.63) is 29.8 Å². The van der Waals surface area contributed by atoms with Crippen molar-refractivity contribution in [2.24, 2.45) is 0 Å². The van der Waals surface area contributed by atoms with Gasteiger partial charge in [0.1, 0.15) is 6.04 Å². The molecule has 1 aromatic carbocycles. The number of carbonyl (C=O) groups is 2. The van der Waals surface area contributed by atoms with Gasteiger partial charge in [0.2, 0.25) is 0 Å². The Morgan fingerprint density at radius 1 is 1.07 bits per heavy atom. The number of nitrogens with zero attached hydrogens (tertiary/aromatic N) is 1. The highest BCUT2D eigenvalue weighted by Crippen LogP contribution is 2.13. The number of hydrogen-bond acceptors (Lipinski definition) is 8. The summed E-state index contributed by atoms with van der Waals surface area (Å²) in [6, 6.07) is 5.52. The molecule has 0 heterocycles. The van der Waals surface area contributed by atoms with E-state index in [0.717, 1.165) is 5.56 Å². The molecule has 152 valence electrons. The first-order valence-electron chi connectivity index (χ1n) is 8.73. The van der Waals surface area contributed by atoms with Crippen LogP contribution in [0.2, 0.25) is 0 Å². The Hall–Kier alpha value is -1.97. The van der Waals surface area contributed by atoms with E-state index < -0.39 is 28.1 Å². The molecule has 8 nitrogen and oxygen atoms in total. The van der Waals surface area contributed by atoms with Gasteiger partial charge < -0.3 is 9.47 Å². The summed E-state index contributed by atoms with van der Waals surface area (Å²) in [7, 11) is -3.93. The second-order valence-corrected chi connectivity index (χ2v) is 7.41. The predicted octanol–water partition coefficient (Wildman–Crippen LogP) is 1.52. The van der Waals surface area contributed by atoms with Crippen molar-refractivity contribution >= 4 is 22.1 Å². The van der Waals surface area contributed by atoms with E-state index in [2.05, 4.69) is 0 Å². The van der Waals surface area contributed by atoms with Gasteiger partial charge in [-0.25, -0.2) is 0 Å². The molecule has 1 aromatic rings. The van der Waals surface area contributed by atoms with Crippen LogP contribution in [-0.2, 0) is 33.4 Å². The molecule has 0 unspecified atom stereocenters. The molecule has 0 aliphatic heterocycles. The Bertz CT molecular complexity index is 716. The minimum absolute atomic E-state index is 0.0316. The Labute approximate surface area is 160 Å². The van der Waals surface area contributed by atoms with Crippen LogP contribution in [0, 0.1) is 6.92 Å². The molecule has 0 bridgehead atoms.